The van der Waals surface area contributed by atoms with Gasteiger partial charge >= 0.3 is 6.03 Å². The minimum atomic E-state index is -0.203. The minimum Gasteiger partial charge on any atom is -0.338 e. The van der Waals surface area contributed by atoms with Gasteiger partial charge in [-0.05, 0) is 48.1 Å². The molecule has 2 rings (SSSR count). The smallest absolute Gasteiger partial charge is 0.319 e. The molecule has 0 fully saturated rings. The summed E-state index contributed by atoms with van der Waals surface area (Å²) in [6.07, 6.45) is 0.690. The topological polar surface area (TPSA) is 41.1 Å². The molecule has 0 saturated carbocycles. The fraction of sp³-hybridized carbons (Fsp3) is 0.316. The van der Waals surface area contributed by atoms with Gasteiger partial charge in [0.15, 0.2) is 0 Å². The first-order valence-electron chi connectivity index (χ1n) is 7.96. The van der Waals surface area contributed by atoms with Crippen molar-refractivity contribution < 1.29 is 4.79 Å². The summed E-state index contributed by atoms with van der Waals surface area (Å²) in [5, 5.41) is 6.91. The van der Waals surface area contributed by atoms with Crippen LogP contribution in [0.5, 0.6) is 0 Å². The van der Waals surface area contributed by atoms with Crippen LogP contribution in [0.1, 0.15) is 36.5 Å². The van der Waals surface area contributed by atoms with Gasteiger partial charge < -0.3 is 10.6 Å². The zero-order chi connectivity index (χ0) is 17.7. The van der Waals surface area contributed by atoms with Crippen molar-refractivity contribution in [1.82, 2.24) is 5.32 Å². The molecule has 0 unspecified atom stereocenters. The molecule has 2 amide bonds. The Bertz CT molecular complexity index is 729. The molecule has 0 aliphatic carbocycles. The summed E-state index contributed by atoms with van der Waals surface area (Å²) < 4.78 is 0. The molecule has 5 heteroatoms. The zero-order valence-corrected chi connectivity index (χ0v) is 15.6. The molecule has 24 heavy (non-hydrogen) atoms. The molecule has 0 spiro atoms. The number of benzene rings is 2. The first-order valence-corrected chi connectivity index (χ1v) is 8.72. The molecule has 128 valence electrons. The quantitative estimate of drug-likeness (QED) is 0.692. The van der Waals surface area contributed by atoms with Gasteiger partial charge in [0.25, 0.3) is 0 Å². The molecule has 0 aliphatic rings. The lowest BCUT2D eigenvalue weighted by atomic mass is 9.98. The van der Waals surface area contributed by atoms with E-state index in [1.54, 1.807) is 6.07 Å². The number of urea groups is 1. The molecule has 0 radical (unpaired) electrons. The minimum absolute atomic E-state index is 0.203. The van der Waals surface area contributed by atoms with E-state index in [0.29, 0.717) is 28.9 Å². The highest BCUT2D eigenvalue weighted by molar-refractivity contribution is 6.42. The van der Waals surface area contributed by atoms with Gasteiger partial charge in [0.1, 0.15) is 0 Å². The fourth-order valence-corrected chi connectivity index (χ4v) is 2.84. The Morgan fingerprint density at radius 1 is 1.12 bits per heavy atom. The Balaban J connectivity index is 1.93. The number of carbonyl (C=O) groups is 1. The van der Waals surface area contributed by atoms with Crippen LogP contribution in [-0.4, -0.2) is 12.6 Å². The second kappa shape index (κ2) is 8.41. The van der Waals surface area contributed by atoms with Crippen molar-refractivity contribution >= 4 is 34.9 Å². The lowest BCUT2D eigenvalue weighted by molar-refractivity contribution is 0.252. The molecule has 2 aromatic carbocycles. The van der Waals surface area contributed by atoms with Gasteiger partial charge in [0.05, 0.1) is 10.0 Å². The summed E-state index contributed by atoms with van der Waals surface area (Å²) in [7, 11) is 0. The van der Waals surface area contributed by atoms with Crippen LogP contribution in [-0.2, 0) is 6.42 Å². The predicted molar refractivity (Wildman–Crippen MR) is 102 cm³/mol. The summed E-state index contributed by atoms with van der Waals surface area (Å²) in [5.74, 6) is 0.344. The normalized spacial score (nSPS) is 10.8. The van der Waals surface area contributed by atoms with Crippen molar-refractivity contribution in [2.75, 3.05) is 11.9 Å². The summed E-state index contributed by atoms with van der Waals surface area (Å²) >= 11 is 11.9. The number of hydrogen-bond acceptors (Lipinski definition) is 1. The summed E-state index contributed by atoms with van der Waals surface area (Å²) in [6.45, 7) is 6.74. The summed E-state index contributed by atoms with van der Waals surface area (Å²) in [4.78, 5) is 12.2. The van der Waals surface area contributed by atoms with E-state index >= 15 is 0 Å². The number of nitrogens with one attached hydrogen (secondary N) is 2. The molecular weight excluding hydrogens is 343 g/mol. The van der Waals surface area contributed by atoms with Crippen LogP contribution in [0.25, 0.3) is 0 Å². The third-order valence-corrected chi connectivity index (χ3v) is 4.59. The van der Waals surface area contributed by atoms with Crippen LogP contribution < -0.4 is 10.6 Å². The van der Waals surface area contributed by atoms with E-state index in [-0.39, 0.29) is 6.03 Å². The molecule has 0 bridgehead atoms. The van der Waals surface area contributed by atoms with Gasteiger partial charge in [-0.15, -0.1) is 0 Å². The SMILES string of the molecule is Cc1cccc(C(C)C)c1NC(=O)NCCc1ccc(Cl)c(Cl)c1. The third kappa shape index (κ3) is 4.89. The van der Waals surface area contributed by atoms with Gasteiger partial charge in [-0.1, -0.05) is 61.3 Å². The van der Waals surface area contributed by atoms with E-state index in [0.717, 1.165) is 22.4 Å². The number of carbonyl (C=O) groups excluding carboxylic acids is 1. The molecule has 2 aromatic rings. The third-order valence-electron chi connectivity index (χ3n) is 3.85. The number of aryl methyl sites for hydroxylation is 1. The van der Waals surface area contributed by atoms with Gasteiger partial charge in [0.2, 0.25) is 0 Å². The standard InChI is InChI=1S/C19H22Cl2N2O/c1-12(2)15-6-4-5-13(3)18(15)23-19(24)22-10-9-14-7-8-16(20)17(21)11-14/h4-8,11-12H,9-10H2,1-3H3,(H2,22,23,24). The van der Waals surface area contributed by atoms with E-state index < -0.39 is 0 Å². The Morgan fingerprint density at radius 3 is 2.54 bits per heavy atom. The van der Waals surface area contributed by atoms with E-state index in [1.807, 2.05) is 37.3 Å². The molecule has 0 atom stereocenters. The van der Waals surface area contributed by atoms with Crippen molar-refractivity contribution in [2.24, 2.45) is 0 Å². The number of amides is 2. The predicted octanol–water partition coefficient (Wildman–Crippen LogP) is 5.79. The fourth-order valence-electron chi connectivity index (χ4n) is 2.52. The monoisotopic (exact) mass is 364 g/mol. The van der Waals surface area contributed by atoms with Crippen molar-refractivity contribution in [2.45, 2.75) is 33.1 Å². The first kappa shape index (κ1) is 18.6. The van der Waals surface area contributed by atoms with Gasteiger partial charge in [0, 0.05) is 12.2 Å². The summed E-state index contributed by atoms with van der Waals surface area (Å²) in [6, 6.07) is 11.3. The maximum Gasteiger partial charge on any atom is 0.319 e. The highest BCUT2D eigenvalue weighted by atomic mass is 35.5. The van der Waals surface area contributed by atoms with Crippen LogP contribution in [0, 0.1) is 6.92 Å². The van der Waals surface area contributed by atoms with Crippen LogP contribution in [0.4, 0.5) is 10.5 Å². The van der Waals surface area contributed by atoms with Crippen LogP contribution in [0.2, 0.25) is 10.0 Å². The van der Waals surface area contributed by atoms with Gasteiger partial charge in [-0.25, -0.2) is 4.79 Å². The Labute approximate surface area is 153 Å². The average Bonchev–Trinajstić information content (AvgIpc) is 2.52. The summed E-state index contributed by atoms with van der Waals surface area (Å²) in [5.41, 5.74) is 4.11. The molecular formula is C19H22Cl2N2O. The Hall–Kier alpha value is -1.71. The van der Waals surface area contributed by atoms with E-state index in [4.69, 9.17) is 23.2 Å². The Kier molecular flexibility index (Phi) is 6.52. The maximum absolute atomic E-state index is 12.2. The van der Waals surface area contributed by atoms with E-state index in [9.17, 15) is 4.79 Å². The van der Waals surface area contributed by atoms with Crippen molar-refractivity contribution in [3.63, 3.8) is 0 Å². The van der Waals surface area contributed by atoms with Gasteiger partial charge in [-0.2, -0.15) is 0 Å². The lowest BCUT2D eigenvalue weighted by Crippen LogP contribution is -2.31. The number of rotatable bonds is 5. The van der Waals surface area contributed by atoms with Crippen molar-refractivity contribution in [1.29, 1.82) is 0 Å². The highest BCUT2D eigenvalue weighted by Gasteiger charge is 2.11. The molecule has 0 aromatic heterocycles. The number of anilines is 1. The van der Waals surface area contributed by atoms with Crippen LogP contribution in [0.3, 0.4) is 0 Å². The van der Waals surface area contributed by atoms with Crippen LogP contribution >= 0.6 is 23.2 Å². The number of para-hydroxylation sites is 1. The Morgan fingerprint density at radius 2 is 1.88 bits per heavy atom. The zero-order valence-electron chi connectivity index (χ0n) is 14.1. The molecule has 0 aliphatic heterocycles. The second-order valence-corrected chi connectivity index (χ2v) is 6.89. The maximum atomic E-state index is 12.2. The van der Waals surface area contributed by atoms with Gasteiger partial charge in [-0.3, -0.25) is 0 Å². The molecule has 3 nitrogen and oxygen atoms in total. The average molecular weight is 365 g/mol. The molecule has 0 heterocycles. The van der Waals surface area contributed by atoms with Crippen molar-refractivity contribution in [3.05, 3.63) is 63.1 Å². The van der Waals surface area contributed by atoms with E-state index in [1.165, 1.54) is 0 Å². The second-order valence-electron chi connectivity index (χ2n) is 6.07. The molecule has 0 saturated heterocycles. The first-order chi connectivity index (χ1) is 11.4. The highest BCUT2D eigenvalue weighted by Crippen LogP contribution is 2.27. The number of halogens is 2. The van der Waals surface area contributed by atoms with Crippen LogP contribution in [0.15, 0.2) is 36.4 Å². The van der Waals surface area contributed by atoms with Crippen molar-refractivity contribution in [3.8, 4) is 0 Å². The van der Waals surface area contributed by atoms with E-state index in [2.05, 4.69) is 24.5 Å². The largest absolute Gasteiger partial charge is 0.338 e. The lowest BCUT2D eigenvalue weighted by Gasteiger charge is -2.16. The molecule has 2 N–H and O–H groups in total. The number of hydrogen-bond donors (Lipinski definition) is 2.